The Morgan fingerprint density at radius 2 is 1.89 bits per heavy atom. The largest absolute Gasteiger partial charge is 0.405 e. The SMILES string of the molecule is CN1CC2CC1C(C(F)(F)F)N2Cc1ccccc1. The van der Waals surface area contributed by atoms with Gasteiger partial charge in [-0.25, -0.2) is 0 Å². The molecule has 104 valence electrons. The molecular weight excluding hydrogens is 253 g/mol. The Labute approximate surface area is 110 Å². The van der Waals surface area contributed by atoms with Crippen LogP contribution in [0.5, 0.6) is 0 Å². The normalized spacial score (nSPS) is 32.1. The number of alkyl halides is 3. The smallest absolute Gasteiger partial charge is 0.300 e. The van der Waals surface area contributed by atoms with Gasteiger partial charge in [0.25, 0.3) is 0 Å². The summed E-state index contributed by atoms with van der Waals surface area (Å²) in [6, 6.07) is 7.74. The molecule has 3 atom stereocenters. The van der Waals surface area contributed by atoms with E-state index in [1.54, 1.807) is 11.9 Å². The van der Waals surface area contributed by atoms with Crippen LogP contribution < -0.4 is 0 Å². The molecule has 0 radical (unpaired) electrons. The molecular formula is C14H17F3N2. The summed E-state index contributed by atoms with van der Waals surface area (Å²) < 4.78 is 39.8. The summed E-state index contributed by atoms with van der Waals surface area (Å²) in [6.07, 6.45) is -3.52. The molecule has 19 heavy (non-hydrogen) atoms. The fourth-order valence-electron chi connectivity index (χ4n) is 3.49. The first-order valence-electron chi connectivity index (χ1n) is 6.53. The predicted molar refractivity (Wildman–Crippen MR) is 66.7 cm³/mol. The molecule has 2 bridgehead atoms. The molecule has 0 saturated carbocycles. The lowest BCUT2D eigenvalue weighted by Crippen LogP contribution is -2.57. The minimum Gasteiger partial charge on any atom is -0.300 e. The molecule has 1 aromatic carbocycles. The third kappa shape index (κ3) is 2.25. The van der Waals surface area contributed by atoms with Crippen molar-refractivity contribution in [2.75, 3.05) is 13.6 Å². The van der Waals surface area contributed by atoms with Gasteiger partial charge in [-0.05, 0) is 19.0 Å². The molecule has 0 aromatic heterocycles. The van der Waals surface area contributed by atoms with Gasteiger partial charge in [-0.3, -0.25) is 9.80 Å². The number of fused-ring (bicyclic) bond motifs is 2. The molecule has 2 aliphatic rings. The van der Waals surface area contributed by atoms with Gasteiger partial charge in [-0.1, -0.05) is 30.3 Å². The highest BCUT2D eigenvalue weighted by atomic mass is 19.4. The van der Waals surface area contributed by atoms with Crippen LogP contribution in [0.1, 0.15) is 12.0 Å². The number of hydrogen-bond donors (Lipinski definition) is 0. The maximum atomic E-state index is 13.3. The number of rotatable bonds is 2. The second-order valence-corrected chi connectivity index (χ2v) is 5.54. The fraction of sp³-hybridized carbons (Fsp3) is 0.571. The average Bonchev–Trinajstić information content (AvgIpc) is 2.86. The van der Waals surface area contributed by atoms with Crippen molar-refractivity contribution < 1.29 is 13.2 Å². The van der Waals surface area contributed by atoms with Gasteiger partial charge in [0.2, 0.25) is 0 Å². The number of likely N-dealkylation sites (tertiary alicyclic amines) is 2. The molecule has 2 heterocycles. The monoisotopic (exact) mass is 270 g/mol. The van der Waals surface area contributed by atoms with Gasteiger partial charge in [0.05, 0.1) is 0 Å². The number of likely N-dealkylation sites (N-methyl/N-ethyl adjacent to an activating group) is 1. The van der Waals surface area contributed by atoms with E-state index >= 15 is 0 Å². The Balaban J connectivity index is 1.84. The van der Waals surface area contributed by atoms with Crippen LogP contribution >= 0.6 is 0 Å². The van der Waals surface area contributed by atoms with Gasteiger partial charge >= 0.3 is 6.18 Å². The lowest BCUT2D eigenvalue weighted by atomic mass is 10.1. The number of hydrogen-bond acceptors (Lipinski definition) is 2. The van der Waals surface area contributed by atoms with Crippen molar-refractivity contribution in [1.29, 1.82) is 0 Å². The van der Waals surface area contributed by atoms with Crippen molar-refractivity contribution in [3.63, 3.8) is 0 Å². The Kier molecular flexibility index (Phi) is 3.06. The highest BCUT2D eigenvalue weighted by Crippen LogP contribution is 2.43. The van der Waals surface area contributed by atoms with Gasteiger partial charge < -0.3 is 0 Å². The molecule has 5 heteroatoms. The van der Waals surface area contributed by atoms with E-state index in [0.29, 0.717) is 13.0 Å². The number of halogens is 3. The Bertz CT molecular complexity index is 446. The van der Waals surface area contributed by atoms with E-state index in [0.717, 1.165) is 12.1 Å². The molecule has 1 aromatic rings. The van der Waals surface area contributed by atoms with E-state index < -0.39 is 12.2 Å². The van der Waals surface area contributed by atoms with Crippen molar-refractivity contribution in [3.05, 3.63) is 35.9 Å². The third-order valence-electron chi connectivity index (χ3n) is 4.31. The van der Waals surface area contributed by atoms with Crippen LogP contribution in [-0.4, -0.2) is 47.7 Å². The van der Waals surface area contributed by atoms with E-state index in [-0.39, 0.29) is 12.1 Å². The molecule has 2 saturated heterocycles. The van der Waals surface area contributed by atoms with Crippen LogP contribution in [0, 0.1) is 0 Å². The minimum atomic E-state index is -4.15. The number of nitrogens with zero attached hydrogens (tertiary/aromatic N) is 2. The molecule has 2 fully saturated rings. The Hall–Kier alpha value is -1.07. The summed E-state index contributed by atoms with van der Waals surface area (Å²) in [6.45, 7) is 1.13. The first kappa shape index (κ1) is 12.9. The molecule has 0 N–H and O–H groups in total. The van der Waals surface area contributed by atoms with Gasteiger partial charge in [0, 0.05) is 25.2 Å². The lowest BCUT2D eigenvalue weighted by Gasteiger charge is -2.40. The number of benzene rings is 1. The zero-order chi connectivity index (χ0) is 13.6. The van der Waals surface area contributed by atoms with Crippen LogP contribution in [0.3, 0.4) is 0 Å². The van der Waals surface area contributed by atoms with Crippen molar-refractivity contribution in [1.82, 2.24) is 9.80 Å². The summed E-state index contributed by atoms with van der Waals surface area (Å²) in [7, 11) is 1.79. The number of piperazine rings is 1. The molecule has 3 unspecified atom stereocenters. The zero-order valence-electron chi connectivity index (χ0n) is 10.8. The van der Waals surface area contributed by atoms with Crippen LogP contribution in [0.15, 0.2) is 30.3 Å². The summed E-state index contributed by atoms with van der Waals surface area (Å²) >= 11 is 0. The molecule has 0 aliphatic carbocycles. The van der Waals surface area contributed by atoms with E-state index in [9.17, 15) is 13.2 Å². The highest BCUT2D eigenvalue weighted by Gasteiger charge is 2.59. The summed E-state index contributed by atoms with van der Waals surface area (Å²) in [5.74, 6) is 0. The maximum Gasteiger partial charge on any atom is 0.405 e. The first-order valence-corrected chi connectivity index (χ1v) is 6.53. The van der Waals surface area contributed by atoms with Crippen LogP contribution in [0.25, 0.3) is 0 Å². The third-order valence-corrected chi connectivity index (χ3v) is 4.31. The fourth-order valence-corrected chi connectivity index (χ4v) is 3.49. The summed E-state index contributed by atoms with van der Waals surface area (Å²) in [5, 5.41) is 0. The van der Waals surface area contributed by atoms with Crippen molar-refractivity contribution in [3.8, 4) is 0 Å². The van der Waals surface area contributed by atoms with Crippen molar-refractivity contribution in [2.24, 2.45) is 0 Å². The zero-order valence-corrected chi connectivity index (χ0v) is 10.8. The molecule has 0 amide bonds. The van der Waals surface area contributed by atoms with Crippen LogP contribution in [0.4, 0.5) is 13.2 Å². The van der Waals surface area contributed by atoms with Gasteiger partial charge in [0.1, 0.15) is 6.04 Å². The first-order chi connectivity index (χ1) is 8.97. The van der Waals surface area contributed by atoms with Crippen molar-refractivity contribution in [2.45, 2.75) is 37.3 Å². The Morgan fingerprint density at radius 3 is 2.53 bits per heavy atom. The van der Waals surface area contributed by atoms with Crippen molar-refractivity contribution >= 4 is 0 Å². The van der Waals surface area contributed by atoms with Crippen LogP contribution in [-0.2, 0) is 6.54 Å². The van der Waals surface area contributed by atoms with E-state index in [2.05, 4.69) is 0 Å². The van der Waals surface area contributed by atoms with Gasteiger partial charge in [-0.2, -0.15) is 13.2 Å². The summed E-state index contributed by atoms with van der Waals surface area (Å²) in [5.41, 5.74) is 0.951. The molecule has 0 spiro atoms. The van der Waals surface area contributed by atoms with Gasteiger partial charge in [-0.15, -0.1) is 0 Å². The van der Waals surface area contributed by atoms with Crippen LogP contribution in [0.2, 0.25) is 0 Å². The standard InChI is InChI=1S/C14H17F3N2/c1-18-9-11-7-12(18)13(14(15,16)17)19(11)8-10-5-3-2-4-6-10/h2-6,11-13H,7-9H2,1H3. The highest BCUT2D eigenvalue weighted by molar-refractivity contribution is 5.17. The quantitative estimate of drug-likeness (QED) is 0.814. The predicted octanol–water partition coefficient (Wildman–Crippen LogP) is 2.51. The maximum absolute atomic E-state index is 13.3. The molecule has 2 nitrogen and oxygen atoms in total. The topological polar surface area (TPSA) is 6.48 Å². The minimum absolute atomic E-state index is 0.0295. The second kappa shape index (κ2) is 4.49. The Morgan fingerprint density at radius 1 is 1.21 bits per heavy atom. The van der Waals surface area contributed by atoms with E-state index in [1.807, 2.05) is 35.2 Å². The molecule has 2 aliphatic heterocycles. The second-order valence-electron chi connectivity index (χ2n) is 5.54. The van der Waals surface area contributed by atoms with E-state index in [4.69, 9.17) is 0 Å². The average molecular weight is 270 g/mol. The molecule has 3 rings (SSSR count). The van der Waals surface area contributed by atoms with E-state index in [1.165, 1.54) is 0 Å². The van der Waals surface area contributed by atoms with Gasteiger partial charge in [0.15, 0.2) is 0 Å². The summed E-state index contributed by atoms with van der Waals surface area (Å²) in [4.78, 5) is 3.49. The lowest BCUT2D eigenvalue weighted by molar-refractivity contribution is -0.199.